The van der Waals surface area contributed by atoms with Gasteiger partial charge in [0, 0.05) is 26.3 Å². The minimum atomic E-state index is -0.477. The first-order valence-electron chi connectivity index (χ1n) is 8.71. The Hall–Kier alpha value is -2.42. The zero-order valence-electron chi connectivity index (χ0n) is 15.6. The maximum absolute atomic E-state index is 12.1. The monoisotopic (exact) mass is 363 g/mol. The van der Waals surface area contributed by atoms with Crippen LogP contribution in [0.3, 0.4) is 0 Å². The van der Waals surface area contributed by atoms with Crippen molar-refractivity contribution in [3.63, 3.8) is 0 Å². The molecule has 1 saturated heterocycles. The summed E-state index contributed by atoms with van der Waals surface area (Å²) in [7, 11) is 1.83. The Labute approximate surface area is 152 Å². The van der Waals surface area contributed by atoms with Crippen LogP contribution in [0.15, 0.2) is 16.9 Å². The highest BCUT2D eigenvalue weighted by atomic mass is 16.6. The molecule has 1 aliphatic rings. The van der Waals surface area contributed by atoms with Crippen LogP contribution in [0, 0.1) is 0 Å². The number of ether oxygens (including phenoxy) is 2. The van der Waals surface area contributed by atoms with Crippen LogP contribution >= 0.6 is 0 Å². The first-order chi connectivity index (χ1) is 12.3. The van der Waals surface area contributed by atoms with E-state index in [1.54, 1.807) is 15.8 Å². The van der Waals surface area contributed by atoms with Crippen LogP contribution in [0.1, 0.15) is 39.4 Å². The van der Waals surface area contributed by atoms with E-state index in [1.165, 1.54) is 0 Å². The number of rotatable bonds is 4. The predicted molar refractivity (Wildman–Crippen MR) is 92.1 cm³/mol. The van der Waals surface area contributed by atoms with Crippen molar-refractivity contribution in [1.82, 2.24) is 24.8 Å². The molecule has 0 radical (unpaired) electrons. The molecule has 26 heavy (non-hydrogen) atoms. The fourth-order valence-electron chi connectivity index (χ4n) is 2.69. The fourth-order valence-corrected chi connectivity index (χ4v) is 2.69. The molecule has 9 heteroatoms. The summed E-state index contributed by atoms with van der Waals surface area (Å²) in [6, 6.07) is 0. The van der Waals surface area contributed by atoms with Crippen molar-refractivity contribution >= 4 is 6.09 Å². The molecule has 0 aliphatic carbocycles. The molecule has 0 unspecified atom stereocenters. The highest BCUT2D eigenvalue weighted by Gasteiger charge is 2.27. The molecule has 1 fully saturated rings. The van der Waals surface area contributed by atoms with Gasteiger partial charge in [0.25, 0.3) is 5.89 Å². The molecule has 0 spiro atoms. The van der Waals surface area contributed by atoms with E-state index in [9.17, 15) is 4.79 Å². The number of carbonyl (C=O) groups excluding carboxylic acids is 1. The number of piperidine rings is 1. The second kappa shape index (κ2) is 7.45. The zero-order chi connectivity index (χ0) is 18.7. The van der Waals surface area contributed by atoms with Gasteiger partial charge in [-0.25, -0.2) is 4.79 Å². The minimum absolute atomic E-state index is 0.0639. The summed E-state index contributed by atoms with van der Waals surface area (Å²) in [6.45, 7) is 7.11. The van der Waals surface area contributed by atoms with Crippen molar-refractivity contribution in [3.05, 3.63) is 18.2 Å². The topological polar surface area (TPSA) is 95.5 Å². The number of hydrogen-bond donors (Lipinski definition) is 0. The summed E-state index contributed by atoms with van der Waals surface area (Å²) in [6.07, 6.45) is 4.79. The van der Waals surface area contributed by atoms with E-state index in [2.05, 4.69) is 15.2 Å². The van der Waals surface area contributed by atoms with Crippen molar-refractivity contribution in [1.29, 1.82) is 0 Å². The van der Waals surface area contributed by atoms with Crippen molar-refractivity contribution in [2.75, 3.05) is 13.1 Å². The molecule has 2 aromatic rings. The zero-order valence-corrected chi connectivity index (χ0v) is 15.6. The first kappa shape index (κ1) is 18.4. The molecule has 2 aromatic heterocycles. The SMILES string of the molecule is Cn1cc(-c2nc(COC3CCN(C(=O)OC(C)(C)C)CC3)no2)cn1. The average Bonchev–Trinajstić information content (AvgIpc) is 3.20. The molecule has 142 valence electrons. The Morgan fingerprint density at radius 2 is 2.08 bits per heavy atom. The summed E-state index contributed by atoms with van der Waals surface area (Å²) < 4.78 is 18.2. The van der Waals surface area contributed by atoms with Crippen LogP contribution in [0.5, 0.6) is 0 Å². The molecular weight excluding hydrogens is 338 g/mol. The van der Waals surface area contributed by atoms with Gasteiger partial charge in [-0.15, -0.1) is 0 Å². The Balaban J connectivity index is 1.44. The second-order valence-electron chi connectivity index (χ2n) is 7.40. The summed E-state index contributed by atoms with van der Waals surface area (Å²) in [4.78, 5) is 18.1. The summed E-state index contributed by atoms with van der Waals surface area (Å²) in [5, 5.41) is 8.02. The fraction of sp³-hybridized carbons (Fsp3) is 0.647. The molecule has 0 aromatic carbocycles. The third kappa shape index (κ3) is 4.81. The van der Waals surface area contributed by atoms with Gasteiger partial charge in [-0.2, -0.15) is 10.1 Å². The van der Waals surface area contributed by atoms with Gasteiger partial charge in [0.05, 0.1) is 17.9 Å². The van der Waals surface area contributed by atoms with Crippen molar-refractivity contribution < 1.29 is 18.8 Å². The maximum atomic E-state index is 12.1. The molecule has 0 atom stereocenters. The van der Waals surface area contributed by atoms with Gasteiger partial charge >= 0.3 is 6.09 Å². The van der Waals surface area contributed by atoms with E-state index < -0.39 is 5.60 Å². The number of carbonyl (C=O) groups is 1. The van der Waals surface area contributed by atoms with Crippen LogP contribution in [-0.4, -0.2) is 55.7 Å². The van der Waals surface area contributed by atoms with E-state index in [1.807, 2.05) is 34.0 Å². The van der Waals surface area contributed by atoms with Gasteiger partial charge < -0.3 is 18.9 Å². The van der Waals surface area contributed by atoms with E-state index in [0.29, 0.717) is 24.8 Å². The van der Waals surface area contributed by atoms with Crippen molar-refractivity contribution in [3.8, 4) is 11.5 Å². The highest BCUT2D eigenvalue weighted by Crippen LogP contribution is 2.19. The molecule has 9 nitrogen and oxygen atoms in total. The molecular formula is C17H25N5O4. The van der Waals surface area contributed by atoms with Crippen LogP contribution in [0.25, 0.3) is 11.5 Å². The van der Waals surface area contributed by atoms with E-state index >= 15 is 0 Å². The Bertz CT molecular complexity index is 740. The molecule has 1 aliphatic heterocycles. The molecule has 0 bridgehead atoms. The van der Waals surface area contributed by atoms with Crippen LogP contribution in [0.2, 0.25) is 0 Å². The van der Waals surface area contributed by atoms with Crippen LogP contribution in [-0.2, 0) is 23.1 Å². The number of likely N-dealkylation sites (tertiary alicyclic amines) is 1. The van der Waals surface area contributed by atoms with Crippen LogP contribution < -0.4 is 0 Å². The van der Waals surface area contributed by atoms with Crippen molar-refractivity contribution in [2.24, 2.45) is 7.05 Å². The second-order valence-corrected chi connectivity index (χ2v) is 7.40. The minimum Gasteiger partial charge on any atom is -0.444 e. The molecule has 0 saturated carbocycles. The average molecular weight is 363 g/mol. The van der Waals surface area contributed by atoms with E-state index in [0.717, 1.165) is 18.4 Å². The first-order valence-corrected chi connectivity index (χ1v) is 8.71. The molecule has 3 heterocycles. The largest absolute Gasteiger partial charge is 0.444 e. The lowest BCUT2D eigenvalue weighted by atomic mass is 10.1. The van der Waals surface area contributed by atoms with Gasteiger partial charge in [-0.05, 0) is 33.6 Å². The van der Waals surface area contributed by atoms with Gasteiger partial charge in [0.2, 0.25) is 0 Å². The third-order valence-corrected chi connectivity index (χ3v) is 3.96. The standard InChI is InChI=1S/C17H25N5O4/c1-17(2,3)25-16(23)22-7-5-13(6-8-22)24-11-14-19-15(26-20-14)12-9-18-21(4)10-12/h9-10,13H,5-8,11H2,1-4H3. The maximum Gasteiger partial charge on any atom is 0.410 e. The quantitative estimate of drug-likeness (QED) is 0.823. The molecule has 3 rings (SSSR count). The Morgan fingerprint density at radius 3 is 2.69 bits per heavy atom. The summed E-state index contributed by atoms with van der Waals surface area (Å²) in [5.74, 6) is 0.926. The number of hydrogen-bond acceptors (Lipinski definition) is 7. The Kier molecular flexibility index (Phi) is 5.26. The van der Waals surface area contributed by atoms with Crippen molar-refractivity contribution in [2.45, 2.75) is 51.9 Å². The number of aryl methyl sites for hydroxylation is 1. The Morgan fingerprint density at radius 1 is 1.35 bits per heavy atom. The van der Waals surface area contributed by atoms with Crippen LogP contribution in [0.4, 0.5) is 4.79 Å². The van der Waals surface area contributed by atoms with Gasteiger partial charge in [0.15, 0.2) is 5.82 Å². The summed E-state index contributed by atoms with van der Waals surface area (Å²) >= 11 is 0. The third-order valence-electron chi connectivity index (χ3n) is 3.96. The molecule has 0 N–H and O–H groups in total. The molecule has 1 amide bonds. The normalized spacial score (nSPS) is 16.1. The van der Waals surface area contributed by atoms with E-state index in [4.69, 9.17) is 14.0 Å². The van der Waals surface area contributed by atoms with E-state index in [-0.39, 0.29) is 18.8 Å². The lowest BCUT2D eigenvalue weighted by Gasteiger charge is -2.33. The lowest BCUT2D eigenvalue weighted by molar-refractivity contribution is -0.0190. The summed E-state index contributed by atoms with van der Waals surface area (Å²) in [5.41, 5.74) is 0.298. The number of nitrogens with zero attached hydrogens (tertiary/aromatic N) is 5. The highest BCUT2D eigenvalue weighted by molar-refractivity contribution is 5.68. The van der Waals surface area contributed by atoms with Gasteiger partial charge in [0.1, 0.15) is 12.2 Å². The predicted octanol–water partition coefficient (Wildman–Crippen LogP) is 2.39. The number of amides is 1. The lowest BCUT2D eigenvalue weighted by Crippen LogP contribution is -2.43. The van der Waals surface area contributed by atoms with Gasteiger partial charge in [-0.3, -0.25) is 4.68 Å². The van der Waals surface area contributed by atoms with Gasteiger partial charge in [-0.1, -0.05) is 5.16 Å². The smallest absolute Gasteiger partial charge is 0.410 e. The number of aromatic nitrogens is 4.